The third-order valence-electron chi connectivity index (χ3n) is 2.00. The molecular formula is C12H15F3N2OS. The van der Waals surface area contributed by atoms with Gasteiger partial charge in [0.2, 0.25) is 0 Å². The topological polar surface area (TPSA) is 33.3 Å². The van der Waals surface area contributed by atoms with E-state index < -0.39 is 6.36 Å². The van der Waals surface area contributed by atoms with Gasteiger partial charge in [0.15, 0.2) is 5.11 Å². The molecule has 1 rings (SSSR count). The third-order valence-corrected chi connectivity index (χ3v) is 2.24. The molecule has 0 aliphatic carbocycles. The Balaban J connectivity index is 2.59. The van der Waals surface area contributed by atoms with Gasteiger partial charge in [-0.3, -0.25) is 0 Å². The minimum absolute atomic E-state index is 0.288. The van der Waals surface area contributed by atoms with Crippen molar-refractivity contribution in [3.8, 4) is 5.75 Å². The van der Waals surface area contributed by atoms with E-state index >= 15 is 0 Å². The van der Waals surface area contributed by atoms with E-state index in [1.54, 1.807) is 6.07 Å². The first-order valence-electron chi connectivity index (χ1n) is 5.67. The molecule has 0 saturated carbocycles. The standard InChI is InChI=1S/C12H15F3N2OS/c1-8(2)7-16-11(19)17-9-4-3-5-10(6-9)18-12(13,14)15/h3-6,8H,7H2,1-2H3,(H2,16,17,19). The maximum Gasteiger partial charge on any atom is 0.573 e. The highest BCUT2D eigenvalue weighted by Crippen LogP contribution is 2.24. The molecule has 0 heterocycles. The Hall–Kier alpha value is -1.50. The van der Waals surface area contributed by atoms with Crippen LogP contribution in [0.25, 0.3) is 0 Å². The summed E-state index contributed by atoms with van der Waals surface area (Å²) in [6.07, 6.45) is -4.70. The number of alkyl halides is 3. The van der Waals surface area contributed by atoms with Gasteiger partial charge in [-0.15, -0.1) is 13.2 Å². The molecule has 1 aromatic carbocycles. The second kappa shape index (κ2) is 6.60. The summed E-state index contributed by atoms with van der Waals surface area (Å²) in [4.78, 5) is 0. The van der Waals surface area contributed by atoms with Gasteiger partial charge in [-0.1, -0.05) is 19.9 Å². The number of benzene rings is 1. The zero-order valence-corrected chi connectivity index (χ0v) is 11.4. The average molecular weight is 292 g/mol. The van der Waals surface area contributed by atoms with Crippen LogP contribution >= 0.6 is 12.2 Å². The Kier molecular flexibility index (Phi) is 5.41. The van der Waals surface area contributed by atoms with Gasteiger partial charge in [0.25, 0.3) is 0 Å². The minimum atomic E-state index is -4.70. The van der Waals surface area contributed by atoms with E-state index in [2.05, 4.69) is 15.4 Å². The van der Waals surface area contributed by atoms with Crippen molar-refractivity contribution in [2.45, 2.75) is 20.2 Å². The highest BCUT2D eigenvalue weighted by molar-refractivity contribution is 7.80. The van der Waals surface area contributed by atoms with Crippen LogP contribution in [0.5, 0.6) is 5.75 Å². The maximum atomic E-state index is 12.1. The fraction of sp³-hybridized carbons (Fsp3) is 0.417. The van der Waals surface area contributed by atoms with Crippen molar-refractivity contribution in [3.05, 3.63) is 24.3 Å². The Morgan fingerprint density at radius 1 is 1.37 bits per heavy atom. The predicted molar refractivity (Wildman–Crippen MR) is 72.2 cm³/mol. The van der Waals surface area contributed by atoms with Gasteiger partial charge >= 0.3 is 6.36 Å². The first-order chi connectivity index (χ1) is 8.76. The van der Waals surface area contributed by atoms with Gasteiger partial charge in [0.1, 0.15) is 5.75 Å². The number of hydrogen-bond donors (Lipinski definition) is 2. The van der Waals surface area contributed by atoms with Crippen LogP contribution in [0.3, 0.4) is 0 Å². The Bertz CT molecular complexity index is 435. The quantitative estimate of drug-likeness (QED) is 0.832. The third kappa shape index (κ3) is 6.85. The molecule has 2 N–H and O–H groups in total. The molecule has 0 aromatic heterocycles. The Labute approximate surface area is 115 Å². The molecule has 7 heteroatoms. The van der Waals surface area contributed by atoms with Crippen molar-refractivity contribution in [2.75, 3.05) is 11.9 Å². The van der Waals surface area contributed by atoms with E-state index in [-0.39, 0.29) is 5.75 Å². The van der Waals surface area contributed by atoms with Gasteiger partial charge < -0.3 is 15.4 Å². The lowest BCUT2D eigenvalue weighted by Crippen LogP contribution is -2.31. The molecule has 0 bridgehead atoms. The zero-order chi connectivity index (χ0) is 14.5. The molecule has 1 aromatic rings. The van der Waals surface area contributed by atoms with E-state index in [0.29, 0.717) is 23.3 Å². The SMILES string of the molecule is CC(C)CNC(=S)Nc1cccc(OC(F)(F)F)c1. The van der Waals surface area contributed by atoms with Crippen molar-refractivity contribution in [1.29, 1.82) is 0 Å². The van der Waals surface area contributed by atoms with Crippen LogP contribution in [-0.4, -0.2) is 18.0 Å². The summed E-state index contributed by atoms with van der Waals surface area (Å²) in [7, 11) is 0. The normalized spacial score (nSPS) is 11.3. The second-order valence-corrected chi connectivity index (χ2v) is 4.71. The lowest BCUT2D eigenvalue weighted by Gasteiger charge is -2.13. The van der Waals surface area contributed by atoms with Crippen molar-refractivity contribution < 1.29 is 17.9 Å². The molecule has 0 aliphatic heterocycles. The molecule has 0 atom stereocenters. The highest BCUT2D eigenvalue weighted by Gasteiger charge is 2.31. The molecule has 0 unspecified atom stereocenters. The number of ether oxygens (including phenoxy) is 1. The number of halogens is 3. The largest absolute Gasteiger partial charge is 0.573 e. The number of rotatable bonds is 4. The molecule has 0 aliphatic rings. The Morgan fingerprint density at radius 2 is 2.05 bits per heavy atom. The molecule has 0 spiro atoms. The van der Waals surface area contributed by atoms with Crippen molar-refractivity contribution in [1.82, 2.24) is 5.32 Å². The number of thiocarbonyl (C=S) groups is 1. The summed E-state index contributed by atoms with van der Waals surface area (Å²) in [5.74, 6) is 0.129. The number of anilines is 1. The monoisotopic (exact) mass is 292 g/mol. The van der Waals surface area contributed by atoms with Crippen LogP contribution in [0.2, 0.25) is 0 Å². The highest BCUT2D eigenvalue weighted by atomic mass is 32.1. The molecule has 3 nitrogen and oxygen atoms in total. The molecule has 0 amide bonds. The summed E-state index contributed by atoms with van der Waals surface area (Å²) < 4.78 is 40.0. The van der Waals surface area contributed by atoms with E-state index in [1.807, 2.05) is 13.8 Å². The lowest BCUT2D eigenvalue weighted by atomic mass is 10.2. The van der Waals surface area contributed by atoms with Crippen LogP contribution in [0, 0.1) is 5.92 Å². The first-order valence-corrected chi connectivity index (χ1v) is 6.08. The Morgan fingerprint density at radius 3 is 2.63 bits per heavy atom. The zero-order valence-electron chi connectivity index (χ0n) is 10.5. The molecule has 0 radical (unpaired) electrons. The molecular weight excluding hydrogens is 277 g/mol. The predicted octanol–water partition coefficient (Wildman–Crippen LogP) is 3.53. The van der Waals surface area contributed by atoms with Crippen LogP contribution < -0.4 is 15.4 Å². The van der Waals surface area contributed by atoms with E-state index in [4.69, 9.17) is 12.2 Å². The van der Waals surface area contributed by atoms with E-state index in [0.717, 1.165) is 0 Å². The molecule has 0 fully saturated rings. The average Bonchev–Trinajstić information content (AvgIpc) is 2.24. The summed E-state index contributed by atoms with van der Waals surface area (Å²) >= 11 is 5.02. The van der Waals surface area contributed by atoms with Gasteiger partial charge in [0.05, 0.1) is 0 Å². The van der Waals surface area contributed by atoms with Crippen LogP contribution in [0.4, 0.5) is 18.9 Å². The molecule has 0 saturated heterocycles. The van der Waals surface area contributed by atoms with Crippen LogP contribution in [0.1, 0.15) is 13.8 Å². The van der Waals surface area contributed by atoms with Gasteiger partial charge in [-0.2, -0.15) is 0 Å². The molecule has 106 valence electrons. The first kappa shape index (κ1) is 15.6. The van der Waals surface area contributed by atoms with Gasteiger partial charge in [-0.25, -0.2) is 0 Å². The van der Waals surface area contributed by atoms with E-state index in [1.165, 1.54) is 18.2 Å². The summed E-state index contributed by atoms with van der Waals surface area (Å²) in [5.41, 5.74) is 0.433. The number of nitrogens with one attached hydrogen (secondary N) is 2. The van der Waals surface area contributed by atoms with Gasteiger partial charge in [-0.05, 0) is 30.3 Å². The maximum absolute atomic E-state index is 12.1. The lowest BCUT2D eigenvalue weighted by molar-refractivity contribution is -0.274. The van der Waals surface area contributed by atoms with E-state index in [9.17, 15) is 13.2 Å². The smallest absolute Gasteiger partial charge is 0.406 e. The minimum Gasteiger partial charge on any atom is -0.406 e. The fourth-order valence-electron chi connectivity index (χ4n) is 1.24. The van der Waals surface area contributed by atoms with Crippen LogP contribution in [-0.2, 0) is 0 Å². The van der Waals surface area contributed by atoms with Crippen LogP contribution in [0.15, 0.2) is 24.3 Å². The summed E-state index contributed by atoms with van der Waals surface area (Å²) in [5, 5.41) is 6.11. The summed E-state index contributed by atoms with van der Waals surface area (Å²) in [6.45, 7) is 4.73. The van der Waals surface area contributed by atoms with Crippen molar-refractivity contribution >= 4 is 23.0 Å². The fourth-order valence-corrected chi connectivity index (χ4v) is 1.44. The van der Waals surface area contributed by atoms with Crippen molar-refractivity contribution in [3.63, 3.8) is 0 Å². The second-order valence-electron chi connectivity index (χ2n) is 4.30. The van der Waals surface area contributed by atoms with Gasteiger partial charge in [0, 0.05) is 18.3 Å². The van der Waals surface area contributed by atoms with Crippen molar-refractivity contribution in [2.24, 2.45) is 5.92 Å². The molecule has 19 heavy (non-hydrogen) atoms. The summed E-state index contributed by atoms with van der Waals surface area (Å²) in [6, 6.07) is 5.52. The number of hydrogen-bond acceptors (Lipinski definition) is 2.